The Hall–Kier alpha value is -1.91. The van der Waals surface area contributed by atoms with Crippen LogP contribution in [0.2, 0.25) is 0 Å². The second kappa shape index (κ2) is 4.76. The first-order valence-electron chi connectivity index (χ1n) is 6.20. The van der Waals surface area contributed by atoms with E-state index in [9.17, 15) is 0 Å². The van der Waals surface area contributed by atoms with Gasteiger partial charge in [-0.25, -0.2) is 15.0 Å². The number of aromatic nitrogens is 4. The SMILES string of the molecule is CCn1ccnc1-c1nc(C(C)C)nc(N)c1C. The molecule has 0 unspecified atom stereocenters. The van der Waals surface area contributed by atoms with Gasteiger partial charge < -0.3 is 10.3 Å². The number of nitrogens with zero attached hydrogens (tertiary/aromatic N) is 4. The van der Waals surface area contributed by atoms with Crippen LogP contribution in [0.15, 0.2) is 12.4 Å². The van der Waals surface area contributed by atoms with E-state index in [0.29, 0.717) is 5.82 Å². The minimum Gasteiger partial charge on any atom is -0.383 e. The van der Waals surface area contributed by atoms with E-state index in [0.717, 1.165) is 29.5 Å². The lowest BCUT2D eigenvalue weighted by Crippen LogP contribution is -2.08. The largest absolute Gasteiger partial charge is 0.383 e. The summed E-state index contributed by atoms with van der Waals surface area (Å²) in [5.41, 5.74) is 7.69. The Labute approximate surface area is 107 Å². The maximum absolute atomic E-state index is 5.97. The highest BCUT2D eigenvalue weighted by Crippen LogP contribution is 2.25. The van der Waals surface area contributed by atoms with Gasteiger partial charge in [0, 0.05) is 30.4 Å². The van der Waals surface area contributed by atoms with E-state index in [1.807, 2.05) is 13.1 Å². The van der Waals surface area contributed by atoms with E-state index in [1.165, 1.54) is 0 Å². The third-order valence-corrected chi connectivity index (χ3v) is 2.99. The van der Waals surface area contributed by atoms with Crippen molar-refractivity contribution in [1.82, 2.24) is 19.5 Å². The van der Waals surface area contributed by atoms with Crippen LogP contribution in [0.5, 0.6) is 0 Å². The van der Waals surface area contributed by atoms with Crippen molar-refractivity contribution >= 4 is 5.82 Å². The predicted molar refractivity (Wildman–Crippen MR) is 72.2 cm³/mol. The van der Waals surface area contributed by atoms with Crippen molar-refractivity contribution in [2.24, 2.45) is 0 Å². The Balaban J connectivity index is 2.63. The molecule has 2 aromatic rings. The van der Waals surface area contributed by atoms with E-state index in [2.05, 4.69) is 40.3 Å². The van der Waals surface area contributed by atoms with Crippen LogP contribution in [0.25, 0.3) is 11.5 Å². The fraction of sp³-hybridized carbons (Fsp3) is 0.462. The Morgan fingerprint density at radius 3 is 2.67 bits per heavy atom. The first-order chi connectivity index (χ1) is 8.54. The molecule has 0 spiro atoms. The Morgan fingerprint density at radius 2 is 2.06 bits per heavy atom. The van der Waals surface area contributed by atoms with Crippen LogP contribution in [-0.4, -0.2) is 19.5 Å². The fourth-order valence-corrected chi connectivity index (χ4v) is 1.81. The highest BCUT2D eigenvalue weighted by molar-refractivity contribution is 5.61. The lowest BCUT2D eigenvalue weighted by molar-refractivity contribution is 0.751. The summed E-state index contributed by atoms with van der Waals surface area (Å²) in [7, 11) is 0. The Morgan fingerprint density at radius 1 is 1.33 bits per heavy atom. The molecule has 0 bridgehead atoms. The predicted octanol–water partition coefficient (Wildman–Crippen LogP) is 2.37. The lowest BCUT2D eigenvalue weighted by atomic mass is 10.1. The molecule has 0 atom stereocenters. The lowest BCUT2D eigenvalue weighted by Gasteiger charge is -2.12. The molecule has 5 nitrogen and oxygen atoms in total. The number of hydrogen-bond donors (Lipinski definition) is 1. The number of aryl methyl sites for hydroxylation is 1. The molecule has 2 aromatic heterocycles. The summed E-state index contributed by atoms with van der Waals surface area (Å²) >= 11 is 0. The number of imidazole rings is 1. The van der Waals surface area contributed by atoms with E-state index in [-0.39, 0.29) is 5.92 Å². The van der Waals surface area contributed by atoms with Gasteiger partial charge in [-0.05, 0) is 13.8 Å². The summed E-state index contributed by atoms with van der Waals surface area (Å²) < 4.78 is 2.05. The van der Waals surface area contributed by atoms with Gasteiger partial charge in [-0.1, -0.05) is 13.8 Å². The van der Waals surface area contributed by atoms with Crippen molar-refractivity contribution < 1.29 is 0 Å². The molecule has 0 fully saturated rings. The van der Waals surface area contributed by atoms with Crippen LogP contribution in [-0.2, 0) is 6.54 Å². The summed E-state index contributed by atoms with van der Waals surface area (Å²) in [6.45, 7) is 8.98. The highest BCUT2D eigenvalue weighted by Gasteiger charge is 2.15. The van der Waals surface area contributed by atoms with Crippen LogP contribution in [0.3, 0.4) is 0 Å². The second-order valence-electron chi connectivity index (χ2n) is 4.63. The molecule has 5 heteroatoms. The fourth-order valence-electron chi connectivity index (χ4n) is 1.81. The van der Waals surface area contributed by atoms with Gasteiger partial charge in [0.1, 0.15) is 17.3 Å². The van der Waals surface area contributed by atoms with Gasteiger partial charge in [-0.3, -0.25) is 0 Å². The summed E-state index contributed by atoms with van der Waals surface area (Å²) in [4.78, 5) is 13.3. The number of hydrogen-bond acceptors (Lipinski definition) is 4. The van der Waals surface area contributed by atoms with Gasteiger partial charge in [0.15, 0.2) is 5.82 Å². The number of anilines is 1. The zero-order valence-electron chi connectivity index (χ0n) is 11.3. The highest BCUT2D eigenvalue weighted by atomic mass is 15.1. The maximum Gasteiger partial charge on any atom is 0.159 e. The standard InChI is InChI=1S/C13H19N5/c1-5-18-7-6-15-13(18)10-9(4)11(14)17-12(16-10)8(2)3/h6-8H,5H2,1-4H3,(H2,14,16,17). The van der Waals surface area contributed by atoms with Crippen LogP contribution in [0, 0.1) is 6.92 Å². The van der Waals surface area contributed by atoms with E-state index >= 15 is 0 Å². The third-order valence-electron chi connectivity index (χ3n) is 2.99. The van der Waals surface area contributed by atoms with Crippen LogP contribution >= 0.6 is 0 Å². The second-order valence-corrected chi connectivity index (χ2v) is 4.63. The number of rotatable bonds is 3. The zero-order valence-corrected chi connectivity index (χ0v) is 11.3. The smallest absolute Gasteiger partial charge is 0.159 e. The molecule has 0 aliphatic carbocycles. The summed E-state index contributed by atoms with van der Waals surface area (Å²) in [5, 5.41) is 0. The van der Waals surface area contributed by atoms with Gasteiger partial charge in [0.05, 0.1) is 0 Å². The molecule has 2 heterocycles. The van der Waals surface area contributed by atoms with Gasteiger partial charge in [0.25, 0.3) is 0 Å². The molecule has 2 N–H and O–H groups in total. The normalized spacial score (nSPS) is 11.2. The molecule has 0 saturated heterocycles. The monoisotopic (exact) mass is 245 g/mol. The molecule has 0 radical (unpaired) electrons. The molecule has 0 aromatic carbocycles. The minimum absolute atomic E-state index is 0.247. The molecule has 0 saturated carbocycles. The zero-order chi connectivity index (χ0) is 13.3. The van der Waals surface area contributed by atoms with Crippen LogP contribution in [0.4, 0.5) is 5.82 Å². The third kappa shape index (κ3) is 2.08. The average Bonchev–Trinajstić information content (AvgIpc) is 2.80. The molecular formula is C13H19N5. The maximum atomic E-state index is 5.97. The number of nitrogens with two attached hydrogens (primary N) is 1. The quantitative estimate of drug-likeness (QED) is 0.901. The molecule has 96 valence electrons. The average molecular weight is 245 g/mol. The molecular weight excluding hydrogens is 226 g/mol. The van der Waals surface area contributed by atoms with Crippen LogP contribution < -0.4 is 5.73 Å². The Kier molecular flexibility index (Phi) is 3.32. The first kappa shape index (κ1) is 12.5. The Bertz CT molecular complexity index is 557. The molecule has 0 aliphatic heterocycles. The van der Waals surface area contributed by atoms with Crippen molar-refractivity contribution in [2.75, 3.05) is 5.73 Å². The minimum atomic E-state index is 0.247. The van der Waals surface area contributed by atoms with Crippen molar-refractivity contribution in [1.29, 1.82) is 0 Å². The van der Waals surface area contributed by atoms with Crippen molar-refractivity contribution in [2.45, 2.75) is 40.2 Å². The van der Waals surface area contributed by atoms with Crippen molar-refractivity contribution in [3.05, 3.63) is 23.8 Å². The number of nitrogen functional groups attached to an aromatic ring is 1. The molecule has 0 amide bonds. The van der Waals surface area contributed by atoms with Crippen molar-refractivity contribution in [3.63, 3.8) is 0 Å². The van der Waals surface area contributed by atoms with Gasteiger partial charge in [-0.15, -0.1) is 0 Å². The van der Waals surface area contributed by atoms with Gasteiger partial charge in [0.2, 0.25) is 0 Å². The van der Waals surface area contributed by atoms with Gasteiger partial charge in [-0.2, -0.15) is 0 Å². The van der Waals surface area contributed by atoms with Crippen LogP contribution in [0.1, 0.15) is 38.1 Å². The molecule has 2 rings (SSSR count). The van der Waals surface area contributed by atoms with Crippen molar-refractivity contribution in [3.8, 4) is 11.5 Å². The van der Waals surface area contributed by atoms with E-state index in [1.54, 1.807) is 6.20 Å². The summed E-state index contributed by atoms with van der Waals surface area (Å²) in [5.74, 6) is 2.40. The molecule has 18 heavy (non-hydrogen) atoms. The molecule has 0 aliphatic rings. The first-order valence-corrected chi connectivity index (χ1v) is 6.20. The van der Waals surface area contributed by atoms with E-state index in [4.69, 9.17) is 5.73 Å². The summed E-state index contributed by atoms with van der Waals surface area (Å²) in [6, 6.07) is 0. The summed E-state index contributed by atoms with van der Waals surface area (Å²) in [6.07, 6.45) is 3.73. The van der Waals surface area contributed by atoms with Gasteiger partial charge >= 0.3 is 0 Å². The topological polar surface area (TPSA) is 69.6 Å². The van der Waals surface area contributed by atoms with E-state index < -0.39 is 0 Å².